The Bertz CT molecular complexity index is 778. The topological polar surface area (TPSA) is 78.9 Å². The maximum atomic E-state index is 12.6. The zero-order valence-electron chi connectivity index (χ0n) is 33.4. The number of allylic oxidation sites excluding steroid dienone is 2. The molecule has 0 spiro atoms. The first-order valence-corrected chi connectivity index (χ1v) is 21.7. The van der Waals surface area contributed by atoms with Crippen molar-refractivity contribution in [3.05, 3.63) is 12.2 Å². The summed E-state index contributed by atoms with van der Waals surface area (Å²) in [7, 11) is 0. The van der Waals surface area contributed by atoms with Gasteiger partial charge in [0.2, 0.25) is 0 Å². The third-order valence-electron chi connectivity index (χ3n) is 9.52. The van der Waals surface area contributed by atoms with E-state index in [1.54, 1.807) is 0 Å². The predicted molar refractivity (Wildman–Crippen MR) is 210 cm³/mol. The quantitative estimate of drug-likeness (QED) is 0.0274. The fourth-order valence-corrected chi connectivity index (χ4v) is 6.21. The van der Waals surface area contributed by atoms with E-state index >= 15 is 0 Å². The van der Waals surface area contributed by atoms with Crippen molar-refractivity contribution in [3.8, 4) is 0 Å². The van der Waals surface area contributed by atoms with Crippen LogP contribution in [0.3, 0.4) is 0 Å². The highest BCUT2D eigenvalue weighted by atomic mass is 16.6. The second kappa shape index (κ2) is 39.9. The van der Waals surface area contributed by atoms with Crippen molar-refractivity contribution in [2.75, 3.05) is 13.2 Å². The first kappa shape index (κ1) is 48.1. The molecule has 0 aliphatic heterocycles. The molecule has 0 aromatic rings. The van der Waals surface area contributed by atoms with Crippen LogP contribution in [0.25, 0.3) is 0 Å². The summed E-state index contributed by atoms with van der Waals surface area (Å²) in [4.78, 5) is 37.5. The average molecular weight is 707 g/mol. The summed E-state index contributed by atoms with van der Waals surface area (Å²) in [5.41, 5.74) is 0. The molecule has 6 heteroatoms. The molecule has 0 rings (SSSR count). The first-order chi connectivity index (χ1) is 24.5. The maximum absolute atomic E-state index is 12.6. The van der Waals surface area contributed by atoms with Crippen molar-refractivity contribution in [2.45, 2.75) is 239 Å². The van der Waals surface area contributed by atoms with Crippen molar-refractivity contribution in [1.82, 2.24) is 0 Å². The molecule has 50 heavy (non-hydrogen) atoms. The van der Waals surface area contributed by atoms with Crippen LogP contribution in [0.2, 0.25) is 0 Å². The third kappa shape index (κ3) is 37.4. The number of hydrogen-bond donors (Lipinski definition) is 0. The molecule has 0 saturated heterocycles. The Labute approximate surface area is 310 Å². The van der Waals surface area contributed by atoms with Crippen molar-refractivity contribution < 1.29 is 28.6 Å². The SMILES string of the molecule is CCCCCC/C=C\CCCC(=O)OC(COC(=O)CCCCCCCCCCC)COC(=O)CCCCCCCCCCCCCCCC. The number of ether oxygens (including phenoxy) is 3. The van der Waals surface area contributed by atoms with Crippen LogP contribution in [-0.4, -0.2) is 37.2 Å². The molecule has 0 aliphatic carbocycles. The van der Waals surface area contributed by atoms with E-state index in [4.69, 9.17) is 14.2 Å². The van der Waals surface area contributed by atoms with Crippen LogP contribution < -0.4 is 0 Å². The van der Waals surface area contributed by atoms with E-state index < -0.39 is 6.10 Å². The van der Waals surface area contributed by atoms with Crippen LogP contribution >= 0.6 is 0 Å². The van der Waals surface area contributed by atoms with Gasteiger partial charge in [0.15, 0.2) is 6.10 Å². The van der Waals surface area contributed by atoms with Crippen molar-refractivity contribution in [3.63, 3.8) is 0 Å². The Morgan fingerprint density at radius 1 is 0.380 bits per heavy atom. The fourth-order valence-electron chi connectivity index (χ4n) is 6.21. The molecule has 6 nitrogen and oxygen atoms in total. The molecule has 0 N–H and O–H groups in total. The van der Waals surface area contributed by atoms with Gasteiger partial charge < -0.3 is 14.2 Å². The number of unbranched alkanes of at least 4 members (excludes halogenated alkanes) is 26. The van der Waals surface area contributed by atoms with E-state index in [-0.39, 0.29) is 37.5 Å². The molecule has 294 valence electrons. The minimum Gasteiger partial charge on any atom is -0.462 e. The summed E-state index contributed by atoms with van der Waals surface area (Å²) < 4.78 is 16.6. The lowest BCUT2D eigenvalue weighted by Crippen LogP contribution is -2.30. The summed E-state index contributed by atoms with van der Waals surface area (Å²) in [5, 5.41) is 0. The largest absolute Gasteiger partial charge is 0.462 e. The molecule has 0 heterocycles. The molecule has 1 unspecified atom stereocenters. The van der Waals surface area contributed by atoms with Crippen LogP contribution in [0.4, 0.5) is 0 Å². The molecule has 0 aliphatic rings. The van der Waals surface area contributed by atoms with Crippen LogP contribution in [-0.2, 0) is 28.6 Å². The molecule has 0 fully saturated rings. The molecule has 0 saturated carbocycles. The van der Waals surface area contributed by atoms with Gasteiger partial charge in [-0.15, -0.1) is 0 Å². The Morgan fingerprint density at radius 2 is 0.680 bits per heavy atom. The smallest absolute Gasteiger partial charge is 0.306 e. The second-order valence-corrected chi connectivity index (χ2v) is 14.6. The standard InChI is InChI=1S/C44H82O6/c1-4-7-10-13-16-19-20-21-22-23-26-28-31-34-37-43(46)49-40-41(50-44(47)38-35-32-29-25-18-15-12-9-6-3)39-48-42(45)36-33-30-27-24-17-14-11-8-5-2/h25,29,41H,4-24,26-28,30-40H2,1-3H3/b29-25-. The molecule has 1 atom stereocenters. The third-order valence-corrected chi connectivity index (χ3v) is 9.52. The van der Waals surface area contributed by atoms with Gasteiger partial charge in [-0.3, -0.25) is 14.4 Å². The van der Waals surface area contributed by atoms with Gasteiger partial charge in [-0.05, 0) is 38.5 Å². The highest BCUT2D eigenvalue weighted by Crippen LogP contribution is 2.15. The van der Waals surface area contributed by atoms with Gasteiger partial charge in [0.25, 0.3) is 0 Å². The monoisotopic (exact) mass is 707 g/mol. The lowest BCUT2D eigenvalue weighted by Gasteiger charge is -2.18. The lowest BCUT2D eigenvalue weighted by molar-refractivity contribution is -0.167. The van der Waals surface area contributed by atoms with Gasteiger partial charge in [-0.1, -0.05) is 187 Å². The molecule has 0 aromatic carbocycles. The summed E-state index contributed by atoms with van der Waals surface area (Å²) in [6, 6.07) is 0. The molecule has 0 aromatic heterocycles. The van der Waals surface area contributed by atoms with Gasteiger partial charge in [0.1, 0.15) is 13.2 Å². The van der Waals surface area contributed by atoms with Crippen molar-refractivity contribution in [2.24, 2.45) is 0 Å². The molecule has 0 amide bonds. The van der Waals surface area contributed by atoms with E-state index in [1.165, 1.54) is 135 Å². The molecule has 0 bridgehead atoms. The second-order valence-electron chi connectivity index (χ2n) is 14.6. The van der Waals surface area contributed by atoms with Crippen LogP contribution in [0.5, 0.6) is 0 Å². The predicted octanol–water partition coefficient (Wildman–Crippen LogP) is 13.5. The van der Waals surface area contributed by atoms with E-state index in [9.17, 15) is 14.4 Å². The fraction of sp³-hybridized carbons (Fsp3) is 0.886. The Hall–Kier alpha value is -1.85. The summed E-state index contributed by atoms with van der Waals surface area (Å²) in [5.74, 6) is -0.911. The highest BCUT2D eigenvalue weighted by molar-refractivity contribution is 5.71. The summed E-state index contributed by atoms with van der Waals surface area (Å²) in [6.07, 6.45) is 40.6. The highest BCUT2D eigenvalue weighted by Gasteiger charge is 2.19. The van der Waals surface area contributed by atoms with E-state index in [1.807, 2.05) is 0 Å². The Morgan fingerprint density at radius 3 is 1.06 bits per heavy atom. The van der Waals surface area contributed by atoms with Gasteiger partial charge in [-0.2, -0.15) is 0 Å². The molecule has 0 radical (unpaired) electrons. The zero-order valence-corrected chi connectivity index (χ0v) is 33.4. The normalized spacial score (nSPS) is 12.0. The minimum absolute atomic E-state index is 0.0772. The van der Waals surface area contributed by atoms with Crippen molar-refractivity contribution in [1.29, 1.82) is 0 Å². The maximum Gasteiger partial charge on any atom is 0.306 e. The van der Waals surface area contributed by atoms with E-state index in [2.05, 4.69) is 32.9 Å². The summed E-state index contributed by atoms with van der Waals surface area (Å²) >= 11 is 0. The molecular weight excluding hydrogens is 624 g/mol. The Kier molecular flexibility index (Phi) is 38.5. The number of rotatable bonds is 39. The van der Waals surface area contributed by atoms with E-state index in [0.29, 0.717) is 19.3 Å². The summed E-state index contributed by atoms with van der Waals surface area (Å²) in [6.45, 7) is 6.56. The van der Waals surface area contributed by atoms with Crippen molar-refractivity contribution >= 4 is 17.9 Å². The number of hydrogen-bond acceptors (Lipinski definition) is 6. The van der Waals surface area contributed by atoms with Crippen LogP contribution in [0.15, 0.2) is 12.2 Å². The average Bonchev–Trinajstić information content (AvgIpc) is 3.11. The number of esters is 3. The number of carbonyl (C=O) groups is 3. The zero-order chi connectivity index (χ0) is 36.6. The van der Waals surface area contributed by atoms with Crippen LogP contribution in [0, 0.1) is 0 Å². The Balaban J connectivity index is 4.31. The minimum atomic E-state index is -0.774. The van der Waals surface area contributed by atoms with Gasteiger partial charge in [0, 0.05) is 19.3 Å². The van der Waals surface area contributed by atoms with Gasteiger partial charge >= 0.3 is 17.9 Å². The lowest BCUT2D eigenvalue weighted by atomic mass is 10.0. The van der Waals surface area contributed by atoms with Gasteiger partial charge in [0.05, 0.1) is 0 Å². The number of carbonyl (C=O) groups excluding carboxylic acids is 3. The van der Waals surface area contributed by atoms with Gasteiger partial charge in [-0.25, -0.2) is 0 Å². The van der Waals surface area contributed by atoms with Crippen LogP contribution in [0.1, 0.15) is 233 Å². The molecular formula is C44H82O6. The van der Waals surface area contributed by atoms with E-state index in [0.717, 1.165) is 51.4 Å². The first-order valence-electron chi connectivity index (χ1n) is 21.7.